The number of aliphatic hydroxyl groups is 1. The largest absolute Gasteiger partial charge is 0.377 e. The maximum absolute atomic E-state index is 11.3. The van der Waals surface area contributed by atoms with Gasteiger partial charge in [-0.25, -0.2) is 0 Å². The zero-order valence-corrected chi connectivity index (χ0v) is 13.6. The molecule has 1 heterocycles. The second-order valence-electron chi connectivity index (χ2n) is 6.16. The van der Waals surface area contributed by atoms with E-state index in [-0.39, 0.29) is 5.92 Å². The van der Waals surface area contributed by atoms with Crippen molar-refractivity contribution in [2.45, 2.75) is 37.7 Å². The Morgan fingerprint density at radius 2 is 2.00 bits per heavy atom. The van der Waals surface area contributed by atoms with Gasteiger partial charge in [0.15, 0.2) is 0 Å². The molecule has 1 N–H and O–H groups in total. The molecule has 1 aromatic heterocycles. The second kappa shape index (κ2) is 6.51. The molecule has 0 aliphatic heterocycles. The fourth-order valence-corrected chi connectivity index (χ4v) is 3.39. The molecule has 2 atom stereocenters. The van der Waals surface area contributed by atoms with Gasteiger partial charge in [-0.2, -0.15) is 0 Å². The standard InChI is InChI=1S/C21H23NO/c1-3-4-10-18-16(2)21(23,20-12-6-5-11-19(18)20)14-13-17-9-7-8-15-22-17/h5-9,11-15,18,23H,2-4,10H2,1H3/b14-13+. The molecule has 0 amide bonds. The van der Waals surface area contributed by atoms with Gasteiger partial charge < -0.3 is 5.11 Å². The Morgan fingerprint density at radius 3 is 2.74 bits per heavy atom. The number of nitrogens with zero attached hydrogens (tertiary/aromatic N) is 1. The first-order valence-corrected chi connectivity index (χ1v) is 8.28. The SMILES string of the molecule is C=C1C(CCCC)c2ccccc2C1(O)/C=C/c1ccccn1. The minimum Gasteiger partial charge on any atom is -0.377 e. The van der Waals surface area contributed by atoms with E-state index < -0.39 is 5.60 Å². The van der Waals surface area contributed by atoms with Gasteiger partial charge >= 0.3 is 0 Å². The van der Waals surface area contributed by atoms with E-state index in [0.29, 0.717) is 0 Å². The summed E-state index contributed by atoms with van der Waals surface area (Å²) in [6.45, 7) is 6.44. The summed E-state index contributed by atoms with van der Waals surface area (Å²) in [7, 11) is 0. The molecule has 1 aliphatic rings. The Bertz CT molecular complexity index is 720. The molecule has 0 saturated carbocycles. The normalized spacial score (nSPS) is 23.4. The highest BCUT2D eigenvalue weighted by Crippen LogP contribution is 2.50. The lowest BCUT2D eigenvalue weighted by Gasteiger charge is -2.23. The van der Waals surface area contributed by atoms with Crippen LogP contribution in [0.4, 0.5) is 0 Å². The topological polar surface area (TPSA) is 33.1 Å². The van der Waals surface area contributed by atoms with Crippen molar-refractivity contribution in [1.82, 2.24) is 4.98 Å². The van der Waals surface area contributed by atoms with E-state index in [1.807, 2.05) is 48.6 Å². The Kier molecular flexibility index (Phi) is 4.44. The second-order valence-corrected chi connectivity index (χ2v) is 6.16. The van der Waals surface area contributed by atoms with Crippen LogP contribution < -0.4 is 0 Å². The van der Waals surface area contributed by atoms with Crippen molar-refractivity contribution in [3.8, 4) is 0 Å². The van der Waals surface area contributed by atoms with Gasteiger partial charge in [-0.1, -0.05) is 56.7 Å². The Morgan fingerprint density at radius 1 is 1.22 bits per heavy atom. The van der Waals surface area contributed by atoms with Crippen molar-refractivity contribution in [3.05, 3.63) is 83.7 Å². The third kappa shape index (κ3) is 2.87. The maximum atomic E-state index is 11.3. The molecule has 23 heavy (non-hydrogen) atoms. The van der Waals surface area contributed by atoms with E-state index in [9.17, 15) is 5.11 Å². The molecule has 2 heteroatoms. The molecular weight excluding hydrogens is 282 g/mol. The molecule has 1 aliphatic carbocycles. The van der Waals surface area contributed by atoms with E-state index >= 15 is 0 Å². The van der Waals surface area contributed by atoms with Crippen LogP contribution in [-0.2, 0) is 5.60 Å². The van der Waals surface area contributed by atoms with Crippen molar-refractivity contribution < 1.29 is 5.11 Å². The van der Waals surface area contributed by atoms with E-state index in [1.54, 1.807) is 6.20 Å². The fourth-order valence-electron chi connectivity index (χ4n) is 3.39. The summed E-state index contributed by atoms with van der Waals surface area (Å²) in [5.74, 6) is 0.226. The van der Waals surface area contributed by atoms with Crippen molar-refractivity contribution in [3.63, 3.8) is 0 Å². The highest BCUT2D eigenvalue weighted by atomic mass is 16.3. The van der Waals surface area contributed by atoms with Crippen molar-refractivity contribution >= 4 is 6.08 Å². The summed E-state index contributed by atoms with van der Waals surface area (Å²) in [6, 6.07) is 13.9. The van der Waals surface area contributed by atoms with Gasteiger partial charge in [0.1, 0.15) is 5.60 Å². The number of pyridine rings is 1. The predicted molar refractivity (Wildman–Crippen MR) is 95.0 cm³/mol. The number of unbranched alkanes of at least 4 members (excludes halogenated alkanes) is 1. The van der Waals surface area contributed by atoms with Gasteiger partial charge in [0, 0.05) is 12.1 Å². The zero-order valence-electron chi connectivity index (χ0n) is 13.6. The van der Waals surface area contributed by atoms with Crippen LogP contribution in [0.1, 0.15) is 48.9 Å². The highest BCUT2D eigenvalue weighted by Gasteiger charge is 2.43. The van der Waals surface area contributed by atoms with Crippen LogP contribution in [0.3, 0.4) is 0 Å². The predicted octanol–water partition coefficient (Wildman–Crippen LogP) is 4.83. The van der Waals surface area contributed by atoms with Crippen LogP contribution in [0.25, 0.3) is 6.08 Å². The van der Waals surface area contributed by atoms with Crippen LogP contribution in [0.2, 0.25) is 0 Å². The molecule has 118 valence electrons. The first-order valence-electron chi connectivity index (χ1n) is 8.28. The quantitative estimate of drug-likeness (QED) is 0.803. The highest BCUT2D eigenvalue weighted by molar-refractivity contribution is 5.59. The third-order valence-electron chi connectivity index (χ3n) is 4.69. The van der Waals surface area contributed by atoms with E-state index in [2.05, 4.69) is 24.6 Å². The van der Waals surface area contributed by atoms with Gasteiger partial charge in [-0.15, -0.1) is 0 Å². The number of hydrogen-bond acceptors (Lipinski definition) is 2. The summed E-state index contributed by atoms with van der Waals surface area (Å²) in [5, 5.41) is 11.3. The third-order valence-corrected chi connectivity index (χ3v) is 4.69. The zero-order chi connectivity index (χ0) is 16.3. The summed E-state index contributed by atoms with van der Waals surface area (Å²) in [4.78, 5) is 4.29. The van der Waals surface area contributed by atoms with Gasteiger partial charge in [0.25, 0.3) is 0 Å². The maximum Gasteiger partial charge on any atom is 0.130 e. The Labute approximate surface area is 138 Å². The van der Waals surface area contributed by atoms with Gasteiger partial charge in [0.2, 0.25) is 0 Å². The molecule has 1 aromatic carbocycles. The first-order chi connectivity index (χ1) is 11.2. The Balaban J connectivity index is 1.98. The lowest BCUT2D eigenvalue weighted by Crippen LogP contribution is -2.21. The number of fused-ring (bicyclic) bond motifs is 1. The Hall–Kier alpha value is -2.19. The van der Waals surface area contributed by atoms with Crippen LogP contribution in [-0.4, -0.2) is 10.1 Å². The molecular formula is C21H23NO. The number of rotatable bonds is 5. The lowest BCUT2D eigenvalue weighted by molar-refractivity contribution is 0.134. The van der Waals surface area contributed by atoms with E-state index in [0.717, 1.165) is 36.1 Å². The van der Waals surface area contributed by atoms with Gasteiger partial charge in [-0.05, 0) is 47.4 Å². The fraction of sp³-hybridized carbons (Fsp3) is 0.286. The van der Waals surface area contributed by atoms with Crippen molar-refractivity contribution in [1.29, 1.82) is 0 Å². The smallest absolute Gasteiger partial charge is 0.130 e. The minimum atomic E-state index is -1.10. The monoisotopic (exact) mass is 305 g/mol. The molecule has 2 aromatic rings. The van der Waals surface area contributed by atoms with E-state index in [1.165, 1.54) is 5.56 Å². The number of hydrogen-bond donors (Lipinski definition) is 1. The summed E-state index contributed by atoms with van der Waals surface area (Å²) < 4.78 is 0. The van der Waals surface area contributed by atoms with E-state index in [4.69, 9.17) is 0 Å². The van der Waals surface area contributed by atoms with Gasteiger partial charge in [0.05, 0.1) is 5.69 Å². The number of benzene rings is 1. The molecule has 0 saturated heterocycles. The molecule has 0 radical (unpaired) electrons. The first kappa shape index (κ1) is 15.7. The summed E-state index contributed by atoms with van der Waals surface area (Å²) >= 11 is 0. The molecule has 2 unspecified atom stereocenters. The van der Waals surface area contributed by atoms with Crippen LogP contribution in [0.5, 0.6) is 0 Å². The van der Waals surface area contributed by atoms with Crippen molar-refractivity contribution in [2.75, 3.05) is 0 Å². The average Bonchev–Trinajstić information content (AvgIpc) is 2.81. The van der Waals surface area contributed by atoms with Crippen LogP contribution in [0, 0.1) is 0 Å². The van der Waals surface area contributed by atoms with Crippen molar-refractivity contribution in [2.24, 2.45) is 0 Å². The molecule has 0 bridgehead atoms. The molecule has 3 rings (SSSR count). The van der Waals surface area contributed by atoms with Crippen LogP contribution in [0.15, 0.2) is 66.9 Å². The average molecular weight is 305 g/mol. The summed E-state index contributed by atoms with van der Waals surface area (Å²) in [5.41, 5.74) is 2.77. The molecule has 0 spiro atoms. The lowest BCUT2D eigenvalue weighted by atomic mass is 9.88. The molecule has 2 nitrogen and oxygen atoms in total. The van der Waals surface area contributed by atoms with Crippen LogP contribution >= 0.6 is 0 Å². The molecule has 0 fully saturated rings. The van der Waals surface area contributed by atoms with Gasteiger partial charge in [-0.3, -0.25) is 4.98 Å². The minimum absolute atomic E-state index is 0.226. The summed E-state index contributed by atoms with van der Waals surface area (Å²) in [6.07, 6.45) is 8.79. The number of aromatic nitrogens is 1.